The first-order valence-electron chi connectivity index (χ1n) is 7.19. The molecule has 1 saturated heterocycles. The number of piperidine rings is 1. The Balaban J connectivity index is 2.53. The van der Waals surface area contributed by atoms with Crippen LogP contribution in [0.3, 0.4) is 0 Å². The smallest absolute Gasteiger partial charge is 0.410 e. The van der Waals surface area contributed by atoms with Crippen LogP contribution in [0, 0.1) is 0 Å². The summed E-state index contributed by atoms with van der Waals surface area (Å²) in [7, 11) is 0. The Labute approximate surface area is 121 Å². The Morgan fingerprint density at radius 3 is 2.30 bits per heavy atom. The Morgan fingerprint density at radius 2 is 1.90 bits per heavy atom. The van der Waals surface area contributed by atoms with Crippen molar-refractivity contribution in [2.75, 3.05) is 19.6 Å². The molecule has 0 atom stereocenters. The fourth-order valence-corrected chi connectivity index (χ4v) is 2.40. The zero-order valence-electron chi connectivity index (χ0n) is 13.0. The van der Waals surface area contributed by atoms with Gasteiger partial charge >= 0.3 is 6.09 Å². The lowest BCUT2D eigenvalue weighted by molar-refractivity contribution is -0.128. The second-order valence-electron chi connectivity index (χ2n) is 6.03. The van der Waals surface area contributed by atoms with Crippen molar-refractivity contribution < 1.29 is 14.3 Å². The molecule has 1 heterocycles. The maximum absolute atomic E-state index is 12.0. The summed E-state index contributed by atoms with van der Waals surface area (Å²) >= 11 is 0. The molecule has 0 unspecified atom stereocenters. The van der Waals surface area contributed by atoms with Crippen LogP contribution in [0.4, 0.5) is 4.79 Å². The van der Waals surface area contributed by atoms with Crippen molar-refractivity contribution in [2.24, 2.45) is 0 Å². The summed E-state index contributed by atoms with van der Waals surface area (Å²) in [5.74, 6) is -0.0387. The molecule has 1 aliphatic heterocycles. The Bertz CT molecular complexity index is 366. The van der Waals surface area contributed by atoms with E-state index in [2.05, 4.69) is 6.58 Å². The molecule has 0 saturated carbocycles. The third-order valence-corrected chi connectivity index (χ3v) is 3.36. The molecule has 0 aromatic heterocycles. The van der Waals surface area contributed by atoms with E-state index in [9.17, 15) is 9.59 Å². The van der Waals surface area contributed by atoms with Gasteiger partial charge in [0.1, 0.15) is 5.60 Å². The second-order valence-corrected chi connectivity index (χ2v) is 6.03. The van der Waals surface area contributed by atoms with Crippen molar-refractivity contribution >= 4 is 12.0 Å². The first-order chi connectivity index (χ1) is 9.28. The number of carbonyl (C=O) groups is 2. The minimum atomic E-state index is -0.470. The summed E-state index contributed by atoms with van der Waals surface area (Å²) in [6, 6.07) is 0.184. The lowest BCUT2D eigenvalue weighted by atomic mass is 10.0. The number of hydrogen-bond acceptors (Lipinski definition) is 3. The molecule has 0 bridgehead atoms. The van der Waals surface area contributed by atoms with Crippen LogP contribution in [0.2, 0.25) is 0 Å². The normalized spacial score (nSPS) is 16.7. The average Bonchev–Trinajstić information content (AvgIpc) is 2.38. The predicted octanol–water partition coefficient (Wildman–Crippen LogP) is 2.42. The average molecular weight is 282 g/mol. The van der Waals surface area contributed by atoms with Crippen LogP contribution in [0.5, 0.6) is 0 Å². The van der Waals surface area contributed by atoms with E-state index in [0.717, 1.165) is 12.8 Å². The zero-order chi connectivity index (χ0) is 15.3. The van der Waals surface area contributed by atoms with Crippen molar-refractivity contribution in [1.82, 2.24) is 9.80 Å². The van der Waals surface area contributed by atoms with Crippen LogP contribution in [0.15, 0.2) is 12.7 Å². The minimum Gasteiger partial charge on any atom is -0.444 e. The van der Waals surface area contributed by atoms with Crippen molar-refractivity contribution in [1.29, 1.82) is 0 Å². The van der Waals surface area contributed by atoms with Gasteiger partial charge in [-0.1, -0.05) is 6.58 Å². The number of ether oxygens (including phenoxy) is 1. The number of likely N-dealkylation sites (tertiary alicyclic amines) is 1. The predicted molar refractivity (Wildman–Crippen MR) is 78.4 cm³/mol. The number of hydrogen-bond donors (Lipinski definition) is 0. The van der Waals surface area contributed by atoms with Crippen molar-refractivity contribution in [3.63, 3.8) is 0 Å². The highest BCUT2D eigenvalue weighted by molar-refractivity contribution is 5.87. The number of carbonyl (C=O) groups excluding carboxylic acids is 2. The first-order valence-corrected chi connectivity index (χ1v) is 7.19. The SMILES string of the molecule is C=CC(=O)N(CC)C1CCN(C(=O)OC(C)(C)C)CC1. The number of nitrogens with zero attached hydrogens (tertiary/aromatic N) is 2. The largest absolute Gasteiger partial charge is 0.444 e. The van der Waals surface area contributed by atoms with Gasteiger partial charge in [-0.15, -0.1) is 0 Å². The Kier molecular flexibility index (Phi) is 5.60. The third kappa shape index (κ3) is 4.54. The van der Waals surface area contributed by atoms with Gasteiger partial charge in [-0.2, -0.15) is 0 Å². The molecule has 1 rings (SSSR count). The van der Waals surface area contributed by atoms with E-state index in [1.807, 2.05) is 32.6 Å². The molecule has 0 radical (unpaired) electrons. The maximum atomic E-state index is 12.0. The van der Waals surface area contributed by atoms with Gasteiger partial charge in [-0.05, 0) is 46.6 Å². The monoisotopic (exact) mass is 282 g/mol. The summed E-state index contributed by atoms with van der Waals surface area (Å²) in [6.07, 6.45) is 2.65. The molecule has 1 aliphatic rings. The van der Waals surface area contributed by atoms with E-state index < -0.39 is 5.60 Å². The van der Waals surface area contributed by atoms with Crippen LogP contribution in [-0.4, -0.2) is 53.1 Å². The topological polar surface area (TPSA) is 49.9 Å². The molecule has 5 heteroatoms. The Hall–Kier alpha value is -1.52. The summed E-state index contributed by atoms with van der Waals surface area (Å²) in [5, 5.41) is 0. The molecule has 0 aromatic carbocycles. The van der Waals surface area contributed by atoms with Gasteiger partial charge in [0.25, 0.3) is 0 Å². The van der Waals surface area contributed by atoms with E-state index in [1.54, 1.807) is 4.90 Å². The number of amides is 2. The van der Waals surface area contributed by atoms with Crippen LogP contribution < -0.4 is 0 Å². The van der Waals surface area contributed by atoms with Gasteiger partial charge in [0.15, 0.2) is 0 Å². The first kappa shape index (κ1) is 16.5. The van der Waals surface area contributed by atoms with E-state index in [0.29, 0.717) is 19.6 Å². The van der Waals surface area contributed by atoms with E-state index in [1.165, 1.54) is 6.08 Å². The fraction of sp³-hybridized carbons (Fsp3) is 0.733. The van der Waals surface area contributed by atoms with Gasteiger partial charge in [0.05, 0.1) is 0 Å². The van der Waals surface area contributed by atoms with Gasteiger partial charge in [0.2, 0.25) is 5.91 Å². The van der Waals surface area contributed by atoms with Crippen LogP contribution in [-0.2, 0) is 9.53 Å². The highest BCUT2D eigenvalue weighted by atomic mass is 16.6. The molecule has 1 fully saturated rings. The highest BCUT2D eigenvalue weighted by Crippen LogP contribution is 2.19. The van der Waals surface area contributed by atoms with E-state index in [4.69, 9.17) is 4.74 Å². The van der Waals surface area contributed by atoms with Gasteiger partial charge in [-0.25, -0.2) is 4.79 Å². The highest BCUT2D eigenvalue weighted by Gasteiger charge is 2.30. The molecule has 114 valence electrons. The number of likely N-dealkylation sites (N-methyl/N-ethyl adjacent to an activating group) is 1. The summed E-state index contributed by atoms with van der Waals surface area (Å²) in [6.45, 7) is 13.0. The standard InChI is InChI=1S/C15H26N2O3/c1-6-13(18)17(7-2)12-8-10-16(11-9-12)14(19)20-15(3,4)5/h6,12H,1,7-11H2,2-5H3. The quantitative estimate of drug-likeness (QED) is 0.747. The van der Waals surface area contributed by atoms with Crippen molar-refractivity contribution in [3.8, 4) is 0 Å². The van der Waals surface area contributed by atoms with Gasteiger partial charge in [0, 0.05) is 25.7 Å². The molecular weight excluding hydrogens is 256 g/mol. The van der Waals surface area contributed by atoms with Crippen LogP contribution in [0.1, 0.15) is 40.5 Å². The van der Waals surface area contributed by atoms with E-state index in [-0.39, 0.29) is 18.0 Å². The molecular formula is C15H26N2O3. The van der Waals surface area contributed by atoms with Gasteiger partial charge < -0.3 is 14.5 Å². The molecule has 0 aliphatic carbocycles. The summed E-state index contributed by atoms with van der Waals surface area (Å²) in [5.41, 5.74) is -0.470. The second kappa shape index (κ2) is 6.77. The van der Waals surface area contributed by atoms with Crippen LogP contribution in [0.25, 0.3) is 0 Å². The summed E-state index contributed by atoms with van der Waals surface area (Å²) < 4.78 is 5.36. The minimum absolute atomic E-state index is 0.0387. The molecule has 2 amide bonds. The molecule has 0 aromatic rings. The molecule has 20 heavy (non-hydrogen) atoms. The zero-order valence-corrected chi connectivity index (χ0v) is 13.0. The third-order valence-electron chi connectivity index (χ3n) is 3.36. The Morgan fingerprint density at radius 1 is 1.35 bits per heavy atom. The fourth-order valence-electron chi connectivity index (χ4n) is 2.40. The molecule has 0 spiro atoms. The molecule has 0 N–H and O–H groups in total. The maximum Gasteiger partial charge on any atom is 0.410 e. The van der Waals surface area contributed by atoms with E-state index >= 15 is 0 Å². The lowest BCUT2D eigenvalue weighted by Gasteiger charge is -2.38. The van der Waals surface area contributed by atoms with Crippen LogP contribution >= 0.6 is 0 Å². The van der Waals surface area contributed by atoms with Crippen molar-refractivity contribution in [3.05, 3.63) is 12.7 Å². The summed E-state index contributed by atoms with van der Waals surface area (Å²) in [4.78, 5) is 27.2. The van der Waals surface area contributed by atoms with Crippen molar-refractivity contribution in [2.45, 2.75) is 52.2 Å². The lowest BCUT2D eigenvalue weighted by Crippen LogP contribution is -2.49. The van der Waals surface area contributed by atoms with Gasteiger partial charge in [-0.3, -0.25) is 4.79 Å². The molecule has 5 nitrogen and oxygen atoms in total. The number of rotatable bonds is 3.